The van der Waals surface area contributed by atoms with Gasteiger partial charge in [0.2, 0.25) is 17.7 Å². The molecule has 0 aliphatic carbocycles. The Morgan fingerprint density at radius 3 is 2.64 bits per heavy atom. The third kappa shape index (κ3) is 7.63. The zero-order valence-electron chi connectivity index (χ0n) is 33.7. The van der Waals surface area contributed by atoms with Crippen LogP contribution >= 0.6 is 22.9 Å². The van der Waals surface area contributed by atoms with Crippen molar-refractivity contribution >= 4 is 63.7 Å². The van der Waals surface area contributed by atoms with Crippen LogP contribution in [-0.2, 0) is 37.0 Å². The SMILES string of the molecule is Cc1sc2c(c1C)C(c1ccc(Cl)cc1)=N[C@@H](CC(=O)NCc1cn(CCOCC(=O)CN3CCC4c5c(cccc53)C(=O)N4C3CCC(=O)NC3=O)nn1)c1nnc(C)n1-2. The van der Waals surface area contributed by atoms with Gasteiger partial charge in [0.1, 0.15) is 35.2 Å². The van der Waals surface area contributed by atoms with Gasteiger partial charge in [0.15, 0.2) is 11.6 Å². The van der Waals surface area contributed by atoms with Crippen molar-refractivity contribution in [3.8, 4) is 5.00 Å². The van der Waals surface area contributed by atoms with E-state index in [1.54, 1.807) is 39.2 Å². The van der Waals surface area contributed by atoms with Gasteiger partial charge in [-0.1, -0.05) is 35.0 Å². The van der Waals surface area contributed by atoms with Crippen molar-refractivity contribution in [3.63, 3.8) is 0 Å². The summed E-state index contributed by atoms with van der Waals surface area (Å²) in [5.74, 6) is -0.0841. The van der Waals surface area contributed by atoms with Crippen LogP contribution in [0, 0.1) is 20.8 Å². The topological polar surface area (TPSA) is 199 Å². The molecule has 19 heteroatoms. The first-order valence-electron chi connectivity index (χ1n) is 20.1. The number of ether oxygens (including phenoxy) is 1. The molecule has 4 amide bonds. The molecule has 1 saturated heterocycles. The summed E-state index contributed by atoms with van der Waals surface area (Å²) in [5, 5.41) is 24.1. The number of aryl methyl sites for hydroxylation is 2. The number of aliphatic imine (C=N–C) groups is 1. The standard InChI is InChI=1S/C42H42ClN11O6S/c1-22-23(2)61-42-36(22)38(25-7-9-26(43)10-8-25)45-30(39-49-47-24(3)53(39)42)17-35(57)44-18-27-19-52(50-48-27)15-16-60-21-28(55)20-51-14-13-32-37-29(5-4-6-31(37)51)41(59)54(32)33-11-12-34(56)46-40(33)58/h4-10,19,30,32-33H,11-18,20-21H2,1-3H3,(H,44,57)(H,46,56,58)/t30-,32?,33?/m0/s1. The van der Waals surface area contributed by atoms with Crippen LogP contribution in [0.25, 0.3) is 5.00 Å². The molecular weight excluding hydrogens is 822 g/mol. The number of hydrogen-bond donors (Lipinski definition) is 2. The van der Waals surface area contributed by atoms with E-state index in [4.69, 9.17) is 21.3 Å². The second kappa shape index (κ2) is 16.4. The van der Waals surface area contributed by atoms with Crippen molar-refractivity contribution in [2.24, 2.45) is 4.99 Å². The summed E-state index contributed by atoms with van der Waals surface area (Å²) in [6, 6.07) is 11.3. The number of nitrogens with one attached hydrogen (secondary N) is 2. The summed E-state index contributed by atoms with van der Waals surface area (Å²) in [6.45, 7) is 7.24. The highest BCUT2D eigenvalue weighted by molar-refractivity contribution is 7.15. The van der Waals surface area contributed by atoms with Gasteiger partial charge in [-0.3, -0.25) is 38.8 Å². The Bertz CT molecular complexity index is 2630. The van der Waals surface area contributed by atoms with Crippen molar-refractivity contribution < 1.29 is 28.7 Å². The molecule has 1 fully saturated rings. The van der Waals surface area contributed by atoms with E-state index in [-0.39, 0.29) is 75.1 Å². The van der Waals surface area contributed by atoms with E-state index in [1.807, 2.05) is 46.7 Å². The van der Waals surface area contributed by atoms with Gasteiger partial charge in [0, 0.05) is 50.8 Å². The lowest BCUT2D eigenvalue weighted by atomic mass is 9.93. The fourth-order valence-electron chi connectivity index (χ4n) is 8.64. The Kier molecular flexibility index (Phi) is 10.8. The quantitative estimate of drug-likeness (QED) is 0.129. The number of rotatable bonds is 13. The zero-order chi connectivity index (χ0) is 42.5. The first-order valence-corrected chi connectivity index (χ1v) is 21.3. The summed E-state index contributed by atoms with van der Waals surface area (Å²) in [6.07, 6.45) is 2.77. The van der Waals surface area contributed by atoms with Gasteiger partial charge in [0.05, 0.1) is 50.6 Å². The van der Waals surface area contributed by atoms with Gasteiger partial charge in [-0.15, -0.1) is 26.6 Å². The van der Waals surface area contributed by atoms with Crippen LogP contribution < -0.4 is 15.5 Å². The second-order valence-corrected chi connectivity index (χ2v) is 17.2. The molecule has 17 nitrogen and oxygen atoms in total. The number of imide groups is 1. The van der Waals surface area contributed by atoms with Crippen LogP contribution in [0.15, 0.2) is 53.7 Å². The number of thiophene rings is 1. The molecule has 61 heavy (non-hydrogen) atoms. The highest BCUT2D eigenvalue weighted by Crippen LogP contribution is 2.47. The molecule has 2 aromatic carbocycles. The highest BCUT2D eigenvalue weighted by atomic mass is 35.5. The minimum absolute atomic E-state index is 0.0296. The molecule has 0 saturated carbocycles. The van der Waals surface area contributed by atoms with E-state index in [2.05, 4.69) is 45.0 Å². The molecule has 7 heterocycles. The highest BCUT2D eigenvalue weighted by Gasteiger charge is 2.47. The summed E-state index contributed by atoms with van der Waals surface area (Å²) in [7, 11) is 0. The summed E-state index contributed by atoms with van der Waals surface area (Å²) in [4.78, 5) is 74.4. The second-order valence-electron chi connectivity index (χ2n) is 15.6. The van der Waals surface area contributed by atoms with Crippen LogP contribution in [0.2, 0.25) is 5.02 Å². The number of carbonyl (C=O) groups is 5. The average Bonchev–Trinajstić information content (AvgIpc) is 3.98. The first kappa shape index (κ1) is 40.3. The lowest BCUT2D eigenvalue weighted by molar-refractivity contribution is -0.137. The van der Waals surface area contributed by atoms with Crippen LogP contribution in [0.4, 0.5) is 5.69 Å². The molecule has 0 radical (unpaired) electrons. The van der Waals surface area contributed by atoms with Crippen molar-refractivity contribution in [1.82, 2.24) is 45.3 Å². The number of benzene rings is 2. The molecule has 0 spiro atoms. The average molecular weight is 864 g/mol. The van der Waals surface area contributed by atoms with E-state index in [0.29, 0.717) is 47.4 Å². The third-order valence-corrected chi connectivity index (χ3v) is 13.1. The smallest absolute Gasteiger partial charge is 0.255 e. The number of nitrogens with zero attached hydrogens (tertiary/aromatic N) is 9. The predicted molar refractivity (Wildman–Crippen MR) is 224 cm³/mol. The van der Waals surface area contributed by atoms with E-state index in [1.165, 1.54) is 0 Å². The Morgan fingerprint density at radius 1 is 1.02 bits per heavy atom. The maximum Gasteiger partial charge on any atom is 0.255 e. The lowest BCUT2D eigenvalue weighted by Gasteiger charge is -2.39. The number of anilines is 1. The van der Waals surface area contributed by atoms with Gasteiger partial charge in [0.25, 0.3) is 5.91 Å². The van der Waals surface area contributed by atoms with Gasteiger partial charge < -0.3 is 19.9 Å². The molecule has 3 aromatic heterocycles. The van der Waals surface area contributed by atoms with Crippen LogP contribution in [0.3, 0.4) is 0 Å². The minimum atomic E-state index is -0.710. The van der Waals surface area contributed by atoms with Crippen LogP contribution in [0.1, 0.15) is 92.6 Å². The number of piperidine rings is 1. The normalized spacial score (nSPS) is 19.2. The van der Waals surface area contributed by atoms with Crippen LogP contribution in [0.5, 0.6) is 0 Å². The minimum Gasteiger partial charge on any atom is -0.372 e. The number of amides is 4. The largest absolute Gasteiger partial charge is 0.372 e. The van der Waals surface area contributed by atoms with E-state index in [9.17, 15) is 24.0 Å². The molecule has 0 bridgehead atoms. The Labute approximate surface area is 359 Å². The first-order chi connectivity index (χ1) is 29.4. The molecule has 314 valence electrons. The zero-order valence-corrected chi connectivity index (χ0v) is 35.3. The maximum atomic E-state index is 13.5. The van der Waals surface area contributed by atoms with Crippen molar-refractivity contribution in [2.75, 3.05) is 31.2 Å². The third-order valence-electron chi connectivity index (χ3n) is 11.7. The summed E-state index contributed by atoms with van der Waals surface area (Å²) >= 11 is 7.88. The maximum absolute atomic E-state index is 13.5. The molecule has 4 aliphatic rings. The Hall–Kier alpha value is -6.11. The number of aromatic nitrogens is 6. The fourth-order valence-corrected chi connectivity index (χ4v) is 9.98. The van der Waals surface area contributed by atoms with Crippen molar-refractivity contribution in [2.45, 2.75) is 77.7 Å². The van der Waals surface area contributed by atoms with Gasteiger partial charge in [-0.25, -0.2) is 4.68 Å². The molecule has 9 rings (SSSR count). The lowest BCUT2D eigenvalue weighted by Crippen LogP contribution is -2.54. The van der Waals surface area contributed by atoms with Gasteiger partial charge in [-0.2, -0.15) is 0 Å². The van der Waals surface area contributed by atoms with Gasteiger partial charge in [-0.05, 0) is 63.4 Å². The molecular formula is C42H42ClN11O6S. The van der Waals surface area contributed by atoms with Gasteiger partial charge >= 0.3 is 0 Å². The number of ketones is 1. The van der Waals surface area contributed by atoms with Crippen LogP contribution in [-0.4, -0.2) is 102 Å². The Balaban J connectivity index is 0.776. The molecule has 4 aliphatic heterocycles. The number of carbonyl (C=O) groups excluding carboxylic acids is 5. The van der Waals surface area contributed by atoms with Crippen molar-refractivity contribution in [3.05, 3.63) is 104 Å². The number of hydrogen-bond acceptors (Lipinski definition) is 13. The fraction of sp³-hybridized carbons (Fsp3) is 0.381. The van der Waals surface area contributed by atoms with E-state index < -0.39 is 18.0 Å². The predicted octanol–water partition coefficient (Wildman–Crippen LogP) is 3.90. The molecule has 2 N–H and O–H groups in total. The number of Topliss-reactive ketones (excluding diaryl/α,β-unsaturated/α-hetero) is 1. The monoisotopic (exact) mass is 863 g/mol. The summed E-state index contributed by atoms with van der Waals surface area (Å²) in [5.41, 5.74) is 6.43. The number of fused-ring (bicyclic) bond motifs is 3. The van der Waals surface area contributed by atoms with E-state index in [0.717, 1.165) is 43.5 Å². The van der Waals surface area contributed by atoms with E-state index >= 15 is 0 Å². The summed E-state index contributed by atoms with van der Waals surface area (Å²) < 4.78 is 9.33. The molecule has 3 atom stereocenters. The van der Waals surface area contributed by atoms with Crippen molar-refractivity contribution in [1.29, 1.82) is 0 Å². The number of halogens is 1. The Morgan fingerprint density at radius 2 is 1.84 bits per heavy atom. The molecule has 2 unspecified atom stereocenters. The molecule has 5 aromatic rings.